The van der Waals surface area contributed by atoms with Gasteiger partial charge in [0.15, 0.2) is 6.61 Å². The van der Waals surface area contributed by atoms with Crippen LogP contribution in [0, 0.1) is 17.8 Å². The van der Waals surface area contributed by atoms with Crippen LogP contribution in [-0.4, -0.2) is 24.6 Å². The van der Waals surface area contributed by atoms with E-state index in [1.54, 1.807) is 0 Å². The second-order valence-corrected chi connectivity index (χ2v) is 8.75. The Morgan fingerprint density at radius 2 is 1.60 bits per heavy atom. The molecule has 1 aliphatic rings. The maximum Gasteiger partial charge on any atom is 0.344 e. The fourth-order valence-electron chi connectivity index (χ4n) is 4.26. The number of esters is 2. The molecule has 1 saturated carbocycles. The highest BCUT2D eigenvalue weighted by atomic mass is 16.6. The van der Waals surface area contributed by atoms with E-state index in [9.17, 15) is 9.59 Å². The van der Waals surface area contributed by atoms with E-state index >= 15 is 0 Å². The summed E-state index contributed by atoms with van der Waals surface area (Å²) in [7, 11) is 0. The molecule has 1 fully saturated rings. The lowest BCUT2D eigenvalue weighted by atomic mass is 9.75. The molecule has 0 saturated heterocycles. The van der Waals surface area contributed by atoms with Crippen LogP contribution in [0.1, 0.15) is 45.6 Å². The zero-order chi connectivity index (χ0) is 21.5. The zero-order valence-corrected chi connectivity index (χ0v) is 18.2. The normalized spacial score (nSPS) is 21.3. The number of ether oxygens (including phenoxy) is 2. The van der Waals surface area contributed by atoms with E-state index in [-0.39, 0.29) is 19.1 Å². The third-order valence-corrected chi connectivity index (χ3v) is 6.00. The van der Waals surface area contributed by atoms with Gasteiger partial charge in [-0.3, -0.25) is 4.79 Å². The van der Waals surface area contributed by atoms with Gasteiger partial charge in [-0.15, -0.1) is 0 Å². The monoisotopic (exact) mass is 408 g/mol. The van der Waals surface area contributed by atoms with Gasteiger partial charge >= 0.3 is 11.9 Å². The molecule has 0 heterocycles. The van der Waals surface area contributed by atoms with Crippen molar-refractivity contribution in [3.05, 3.63) is 60.2 Å². The summed E-state index contributed by atoms with van der Waals surface area (Å²) in [4.78, 5) is 24.4. The lowest BCUT2D eigenvalue weighted by Gasteiger charge is -2.36. The maximum absolute atomic E-state index is 12.2. The Bertz CT molecular complexity index is 826. The van der Waals surface area contributed by atoms with E-state index in [1.807, 2.05) is 54.6 Å². The molecule has 160 valence electrons. The van der Waals surface area contributed by atoms with Gasteiger partial charge in [0.05, 0.1) is 6.42 Å². The Morgan fingerprint density at radius 1 is 0.933 bits per heavy atom. The largest absolute Gasteiger partial charge is 0.460 e. The molecular weight excluding hydrogens is 376 g/mol. The minimum Gasteiger partial charge on any atom is -0.460 e. The summed E-state index contributed by atoms with van der Waals surface area (Å²) in [6, 6.07) is 17.9. The van der Waals surface area contributed by atoms with Crippen molar-refractivity contribution in [3.63, 3.8) is 0 Å². The number of benzene rings is 2. The van der Waals surface area contributed by atoms with Gasteiger partial charge in [-0.1, -0.05) is 81.8 Å². The molecule has 0 N–H and O–H groups in total. The molecule has 30 heavy (non-hydrogen) atoms. The highest BCUT2D eigenvalue weighted by molar-refractivity contribution is 5.78. The van der Waals surface area contributed by atoms with E-state index in [0.29, 0.717) is 17.8 Å². The molecule has 0 bridgehead atoms. The molecule has 0 aromatic heterocycles. The van der Waals surface area contributed by atoms with E-state index < -0.39 is 11.9 Å². The molecule has 0 spiro atoms. The zero-order valence-electron chi connectivity index (χ0n) is 18.2. The van der Waals surface area contributed by atoms with Crippen molar-refractivity contribution in [2.75, 3.05) is 6.61 Å². The van der Waals surface area contributed by atoms with E-state index in [2.05, 4.69) is 20.8 Å². The van der Waals surface area contributed by atoms with Gasteiger partial charge in [0.1, 0.15) is 6.10 Å². The molecule has 0 aliphatic heterocycles. The van der Waals surface area contributed by atoms with Crippen LogP contribution in [0.5, 0.6) is 0 Å². The summed E-state index contributed by atoms with van der Waals surface area (Å²) >= 11 is 0. The van der Waals surface area contributed by atoms with Crippen molar-refractivity contribution in [1.82, 2.24) is 0 Å². The van der Waals surface area contributed by atoms with Gasteiger partial charge in [-0.05, 0) is 47.3 Å². The third kappa shape index (κ3) is 6.19. The minimum atomic E-state index is -0.451. The van der Waals surface area contributed by atoms with Crippen LogP contribution in [0.25, 0.3) is 11.1 Å². The first-order valence-electron chi connectivity index (χ1n) is 10.9. The van der Waals surface area contributed by atoms with Gasteiger partial charge in [0, 0.05) is 0 Å². The Hall–Kier alpha value is -2.62. The quantitative estimate of drug-likeness (QED) is 0.572. The van der Waals surface area contributed by atoms with Gasteiger partial charge in [0.25, 0.3) is 0 Å². The van der Waals surface area contributed by atoms with Crippen LogP contribution >= 0.6 is 0 Å². The summed E-state index contributed by atoms with van der Waals surface area (Å²) in [5.41, 5.74) is 3.08. The van der Waals surface area contributed by atoms with Crippen LogP contribution in [0.2, 0.25) is 0 Å². The second kappa shape index (κ2) is 10.4. The fraction of sp³-hybridized carbons (Fsp3) is 0.462. The Labute approximate surface area is 179 Å². The predicted octanol–water partition coefficient (Wildman–Crippen LogP) is 5.44. The Morgan fingerprint density at radius 3 is 2.27 bits per heavy atom. The van der Waals surface area contributed by atoms with Gasteiger partial charge in [0.2, 0.25) is 0 Å². The van der Waals surface area contributed by atoms with Crippen molar-refractivity contribution < 1.29 is 19.1 Å². The van der Waals surface area contributed by atoms with Crippen molar-refractivity contribution >= 4 is 11.9 Å². The highest BCUT2D eigenvalue weighted by Crippen LogP contribution is 2.35. The Balaban J connectivity index is 1.46. The topological polar surface area (TPSA) is 52.6 Å². The van der Waals surface area contributed by atoms with E-state index in [0.717, 1.165) is 29.5 Å². The minimum absolute atomic E-state index is 0.0783. The van der Waals surface area contributed by atoms with E-state index in [1.165, 1.54) is 6.42 Å². The maximum atomic E-state index is 12.2. The average molecular weight is 409 g/mol. The first kappa shape index (κ1) is 22.1. The molecule has 3 atom stereocenters. The number of hydrogen-bond acceptors (Lipinski definition) is 4. The standard InChI is InChI=1S/C26H32O4/c1-18(2)23-14-9-19(3)15-24(23)30-26(28)17-29-25(27)16-20-10-12-22(13-11-20)21-7-5-4-6-8-21/h4-8,10-13,18-19,23-24H,9,14-17H2,1-3H3/t19-,23+,24-/m1/s1. The lowest BCUT2D eigenvalue weighted by molar-refractivity contribution is -0.166. The molecule has 3 rings (SSSR count). The molecule has 4 nitrogen and oxygen atoms in total. The summed E-state index contributed by atoms with van der Waals surface area (Å²) < 4.78 is 10.9. The molecule has 2 aromatic rings. The number of carbonyl (C=O) groups excluding carboxylic acids is 2. The number of hydrogen-bond donors (Lipinski definition) is 0. The molecule has 1 aliphatic carbocycles. The lowest BCUT2D eigenvalue weighted by Crippen LogP contribution is -2.36. The first-order valence-corrected chi connectivity index (χ1v) is 10.9. The molecule has 0 radical (unpaired) electrons. The van der Waals surface area contributed by atoms with Crippen LogP contribution in [0.15, 0.2) is 54.6 Å². The summed E-state index contributed by atoms with van der Waals surface area (Å²) in [5.74, 6) is 0.532. The average Bonchev–Trinajstić information content (AvgIpc) is 2.73. The van der Waals surface area contributed by atoms with Crippen LogP contribution in [0.4, 0.5) is 0 Å². The summed E-state index contributed by atoms with van der Waals surface area (Å²) in [6.45, 7) is 6.21. The van der Waals surface area contributed by atoms with Gasteiger partial charge < -0.3 is 9.47 Å². The summed E-state index contributed by atoms with van der Waals surface area (Å²) in [6.07, 6.45) is 3.20. The van der Waals surface area contributed by atoms with Crippen molar-refractivity contribution in [1.29, 1.82) is 0 Å². The molecule has 0 unspecified atom stereocenters. The fourth-order valence-corrected chi connectivity index (χ4v) is 4.26. The van der Waals surface area contributed by atoms with Crippen LogP contribution in [0.3, 0.4) is 0 Å². The molecule has 2 aromatic carbocycles. The highest BCUT2D eigenvalue weighted by Gasteiger charge is 2.33. The molecule has 4 heteroatoms. The van der Waals surface area contributed by atoms with E-state index in [4.69, 9.17) is 9.47 Å². The van der Waals surface area contributed by atoms with Crippen LogP contribution < -0.4 is 0 Å². The SMILES string of the molecule is CC(C)[C@@H]1CC[C@@H](C)C[C@H]1OC(=O)COC(=O)Cc1ccc(-c2ccccc2)cc1. The van der Waals surface area contributed by atoms with Crippen molar-refractivity contribution in [3.8, 4) is 11.1 Å². The van der Waals surface area contributed by atoms with Gasteiger partial charge in [-0.2, -0.15) is 0 Å². The number of carbonyl (C=O) groups is 2. The van der Waals surface area contributed by atoms with Crippen LogP contribution in [-0.2, 0) is 25.5 Å². The van der Waals surface area contributed by atoms with Gasteiger partial charge in [-0.25, -0.2) is 4.79 Å². The predicted molar refractivity (Wildman–Crippen MR) is 118 cm³/mol. The number of rotatable bonds is 7. The van der Waals surface area contributed by atoms with Crippen molar-refractivity contribution in [2.24, 2.45) is 17.8 Å². The molecule has 0 amide bonds. The smallest absolute Gasteiger partial charge is 0.344 e. The second-order valence-electron chi connectivity index (χ2n) is 8.75. The molecular formula is C26H32O4. The Kier molecular flexibility index (Phi) is 7.67. The van der Waals surface area contributed by atoms with Crippen molar-refractivity contribution in [2.45, 2.75) is 52.6 Å². The first-order chi connectivity index (χ1) is 14.4. The summed E-state index contributed by atoms with van der Waals surface area (Å²) in [5, 5.41) is 0. The third-order valence-electron chi connectivity index (χ3n) is 6.00.